The molecule has 0 aromatic rings. The fourth-order valence-corrected chi connectivity index (χ4v) is 0.995. The van der Waals surface area contributed by atoms with Gasteiger partial charge in [-0.3, -0.25) is 4.18 Å². The number of esters is 1. The Labute approximate surface area is 121 Å². The van der Waals surface area contributed by atoms with Gasteiger partial charge in [0.05, 0.1) is 15.7 Å². The first kappa shape index (κ1) is 18.8. The number of ether oxygens (including phenoxy) is 1. The standard InChI is InChI=1S/C7H12O6S2.Na/c1-5(2)7(9)12-3-6(8)4-13-15(10,11)14;/h6,8H,1,3-4H2,2H3,(H,10,11,14);/q;+1/p-1. The zero-order valence-electron chi connectivity index (χ0n) is 9.00. The van der Waals surface area contributed by atoms with Crippen LogP contribution in [-0.2, 0) is 34.0 Å². The minimum absolute atomic E-state index is 0. The zero-order valence-corrected chi connectivity index (χ0v) is 12.6. The molecule has 0 spiro atoms. The van der Waals surface area contributed by atoms with E-state index in [1.54, 1.807) is 0 Å². The molecule has 0 aliphatic carbocycles. The molecule has 2 unspecified atom stereocenters. The van der Waals surface area contributed by atoms with Crippen molar-refractivity contribution in [3.05, 3.63) is 12.2 Å². The molecule has 0 aliphatic heterocycles. The van der Waals surface area contributed by atoms with Gasteiger partial charge in [0.1, 0.15) is 12.7 Å². The van der Waals surface area contributed by atoms with Gasteiger partial charge in [-0.2, -0.15) is 0 Å². The smallest absolute Gasteiger partial charge is 0.748 e. The summed E-state index contributed by atoms with van der Waals surface area (Å²) in [5, 5.41) is 9.10. The Morgan fingerprint density at radius 3 is 2.50 bits per heavy atom. The molecule has 16 heavy (non-hydrogen) atoms. The van der Waals surface area contributed by atoms with Crippen LogP contribution < -0.4 is 29.6 Å². The van der Waals surface area contributed by atoms with Gasteiger partial charge in [-0.1, -0.05) is 6.58 Å². The first-order valence-electron chi connectivity index (χ1n) is 3.83. The van der Waals surface area contributed by atoms with Gasteiger partial charge in [0.15, 0.2) is 0 Å². The van der Waals surface area contributed by atoms with Gasteiger partial charge >= 0.3 is 35.5 Å². The van der Waals surface area contributed by atoms with Crippen molar-refractivity contribution in [2.24, 2.45) is 0 Å². The van der Waals surface area contributed by atoms with E-state index in [2.05, 4.69) is 26.7 Å². The summed E-state index contributed by atoms with van der Waals surface area (Å²) in [6.45, 7) is 3.84. The van der Waals surface area contributed by atoms with Crippen LogP contribution in [0, 0.1) is 0 Å². The summed E-state index contributed by atoms with van der Waals surface area (Å²) in [6, 6.07) is 0. The SMILES string of the molecule is C=C(C)C(=O)OCC(O)COS(=O)([O-])=S.[Na+]. The molecule has 0 saturated carbocycles. The maximum absolute atomic E-state index is 10.8. The number of hydrogen-bond acceptors (Lipinski definition) is 7. The minimum atomic E-state index is -4.01. The van der Waals surface area contributed by atoms with Crippen molar-refractivity contribution >= 4 is 26.2 Å². The molecule has 0 fully saturated rings. The van der Waals surface area contributed by atoms with Crippen LogP contribution in [0.3, 0.4) is 0 Å². The van der Waals surface area contributed by atoms with Crippen molar-refractivity contribution in [2.45, 2.75) is 13.0 Å². The molecule has 0 saturated heterocycles. The Balaban J connectivity index is 0. The van der Waals surface area contributed by atoms with Crippen molar-refractivity contribution in [1.29, 1.82) is 0 Å². The van der Waals surface area contributed by atoms with Crippen molar-refractivity contribution in [1.82, 2.24) is 0 Å². The summed E-state index contributed by atoms with van der Waals surface area (Å²) in [6.07, 6.45) is -1.24. The maximum atomic E-state index is 10.8. The molecular formula is C7H11NaO6S2. The Morgan fingerprint density at radius 1 is 1.62 bits per heavy atom. The minimum Gasteiger partial charge on any atom is -0.748 e. The first-order chi connectivity index (χ1) is 6.72. The van der Waals surface area contributed by atoms with E-state index in [4.69, 9.17) is 5.11 Å². The second kappa shape index (κ2) is 8.54. The number of carbonyl (C=O) groups is 1. The van der Waals surface area contributed by atoms with Gasteiger partial charge in [-0.25, -0.2) is 9.00 Å². The van der Waals surface area contributed by atoms with E-state index in [9.17, 15) is 13.6 Å². The molecule has 2 atom stereocenters. The normalized spacial score (nSPS) is 15.4. The van der Waals surface area contributed by atoms with E-state index in [0.29, 0.717) is 0 Å². The van der Waals surface area contributed by atoms with Crippen LogP contribution in [0.4, 0.5) is 0 Å². The summed E-state index contributed by atoms with van der Waals surface area (Å²) in [5.41, 5.74) is 0.180. The van der Waals surface area contributed by atoms with E-state index < -0.39 is 27.7 Å². The average Bonchev–Trinajstić information content (AvgIpc) is 2.09. The molecule has 0 heterocycles. The molecule has 1 N–H and O–H groups in total. The summed E-state index contributed by atoms with van der Waals surface area (Å²) in [4.78, 5) is 10.8. The van der Waals surface area contributed by atoms with Crippen molar-refractivity contribution < 1.29 is 57.1 Å². The van der Waals surface area contributed by atoms with Crippen molar-refractivity contribution in [2.75, 3.05) is 13.2 Å². The third-order valence-corrected chi connectivity index (χ3v) is 1.87. The van der Waals surface area contributed by atoms with Gasteiger partial charge < -0.3 is 14.4 Å². The van der Waals surface area contributed by atoms with Gasteiger partial charge in [0.2, 0.25) is 0 Å². The summed E-state index contributed by atoms with van der Waals surface area (Å²) in [5.74, 6) is -0.671. The van der Waals surface area contributed by atoms with E-state index in [1.807, 2.05) is 0 Å². The molecule has 0 aliphatic rings. The van der Waals surface area contributed by atoms with Gasteiger partial charge in [-0.05, 0) is 18.1 Å². The largest absolute Gasteiger partial charge is 1.00 e. The van der Waals surface area contributed by atoms with E-state index in [1.165, 1.54) is 6.92 Å². The first-order valence-corrected chi connectivity index (χ1v) is 6.16. The summed E-state index contributed by atoms with van der Waals surface area (Å²) < 4.78 is 29.3. The topological polar surface area (TPSA) is 95.9 Å². The number of rotatable bonds is 6. The second-order valence-corrected chi connectivity index (χ2v) is 5.00. The zero-order chi connectivity index (χ0) is 12.1. The van der Waals surface area contributed by atoms with E-state index >= 15 is 0 Å². The van der Waals surface area contributed by atoms with Crippen LogP contribution in [0.5, 0.6) is 0 Å². The van der Waals surface area contributed by atoms with E-state index in [0.717, 1.165) is 0 Å². The maximum Gasteiger partial charge on any atom is 1.00 e. The molecule has 0 bridgehead atoms. The fourth-order valence-electron chi connectivity index (χ4n) is 0.505. The number of aliphatic hydroxyl groups is 1. The second-order valence-electron chi connectivity index (χ2n) is 2.73. The Morgan fingerprint density at radius 2 is 2.12 bits per heavy atom. The Kier molecular flexibility index (Phi) is 10.0. The number of hydrogen-bond donors (Lipinski definition) is 1. The van der Waals surface area contributed by atoms with Crippen LogP contribution >= 0.6 is 0 Å². The molecule has 88 valence electrons. The van der Waals surface area contributed by atoms with Crippen LogP contribution in [0.15, 0.2) is 12.2 Å². The summed E-state index contributed by atoms with van der Waals surface area (Å²) >= 11 is 3.90. The molecule has 0 radical (unpaired) electrons. The molecule has 0 aromatic carbocycles. The molecule has 0 rings (SSSR count). The van der Waals surface area contributed by atoms with Crippen LogP contribution in [0.25, 0.3) is 0 Å². The van der Waals surface area contributed by atoms with Crippen LogP contribution in [0.1, 0.15) is 6.92 Å². The van der Waals surface area contributed by atoms with Crippen LogP contribution in [-0.4, -0.2) is 39.2 Å². The van der Waals surface area contributed by atoms with Gasteiger partial charge in [0.25, 0.3) is 0 Å². The van der Waals surface area contributed by atoms with Crippen LogP contribution in [0.2, 0.25) is 0 Å². The predicted molar refractivity (Wildman–Crippen MR) is 54.0 cm³/mol. The van der Waals surface area contributed by atoms with Crippen molar-refractivity contribution in [3.8, 4) is 0 Å². The molecule has 9 heteroatoms. The quantitative estimate of drug-likeness (QED) is 0.303. The Bertz CT molecular complexity index is 339. The van der Waals surface area contributed by atoms with Gasteiger partial charge in [0, 0.05) is 5.57 Å². The van der Waals surface area contributed by atoms with Crippen molar-refractivity contribution in [3.63, 3.8) is 0 Å². The Hall–Kier alpha value is 0.460. The van der Waals surface area contributed by atoms with Gasteiger partial charge in [-0.15, -0.1) is 0 Å². The molecule has 0 aromatic heterocycles. The third-order valence-electron chi connectivity index (χ3n) is 1.16. The molecule has 6 nitrogen and oxygen atoms in total. The predicted octanol–water partition coefficient (Wildman–Crippen LogP) is -3.72. The average molecular weight is 278 g/mol. The fraction of sp³-hybridized carbons (Fsp3) is 0.571. The summed E-state index contributed by atoms with van der Waals surface area (Å²) in [7, 11) is -4.01. The number of aliphatic hydroxyl groups excluding tert-OH is 1. The molecule has 0 amide bonds. The number of carbonyl (C=O) groups excluding carboxylic acids is 1. The molecular weight excluding hydrogens is 267 g/mol. The third kappa shape index (κ3) is 11.0. The van der Waals surface area contributed by atoms with E-state index in [-0.39, 0.29) is 41.7 Å². The monoisotopic (exact) mass is 278 g/mol.